The number of nitrogens with zero attached hydrogens (tertiary/aromatic N) is 1. The smallest absolute Gasteiger partial charge is 0.306 e. The SMILES string of the molecule is CCCC(=O)Nc1cccc(C(=O)N2CCC(C(=O)O)CC2)c1. The lowest BCUT2D eigenvalue weighted by molar-refractivity contribution is -0.143. The molecule has 6 heteroatoms. The van der Waals surface area contributed by atoms with Gasteiger partial charge in [-0.25, -0.2) is 0 Å². The van der Waals surface area contributed by atoms with E-state index in [1.807, 2.05) is 6.92 Å². The van der Waals surface area contributed by atoms with Crippen LogP contribution in [0.5, 0.6) is 0 Å². The molecule has 1 aliphatic rings. The minimum Gasteiger partial charge on any atom is -0.481 e. The molecule has 1 aliphatic heterocycles. The molecule has 1 heterocycles. The molecule has 1 aromatic rings. The van der Waals surface area contributed by atoms with Crippen molar-refractivity contribution in [3.63, 3.8) is 0 Å². The number of likely N-dealkylation sites (tertiary alicyclic amines) is 1. The van der Waals surface area contributed by atoms with Crippen LogP contribution in [0.4, 0.5) is 5.69 Å². The average Bonchev–Trinajstić information content (AvgIpc) is 2.54. The van der Waals surface area contributed by atoms with Gasteiger partial charge in [0.05, 0.1) is 5.92 Å². The van der Waals surface area contributed by atoms with Crippen molar-refractivity contribution in [2.75, 3.05) is 18.4 Å². The molecule has 0 aliphatic carbocycles. The van der Waals surface area contributed by atoms with Crippen molar-refractivity contribution in [3.05, 3.63) is 29.8 Å². The molecule has 0 spiro atoms. The molecule has 124 valence electrons. The first kappa shape index (κ1) is 17.0. The largest absolute Gasteiger partial charge is 0.481 e. The zero-order chi connectivity index (χ0) is 16.8. The molecule has 0 saturated carbocycles. The highest BCUT2D eigenvalue weighted by Crippen LogP contribution is 2.20. The van der Waals surface area contributed by atoms with Crippen LogP contribution >= 0.6 is 0 Å². The van der Waals surface area contributed by atoms with E-state index in [0.29, 0.717) is 43.6 Å². The molecule has 2 amide bonds. The van der Waals surface area contributed by atoms with Crippen LogP contribution in [0.15, 0.2) is 24.3 Å². The topological polar surface area (TPSA) is 86.7 Å². The molecule has 0 radical (unpaired) electrons. The maximum Gasteiger partial charge on any atom is 0.306 e. The van der Waals surface area contributed by atoms with Gasteiger partial charge in [0, 0.05) is 30.8 Å². The first-order chi connectivity index (χ1) is 11.0. The summed E-state index contributed by atoms with van der Waals surface area (Å²) in [7, 11) is 0. The maximum absolute atomic E-state index is 12.5. The van der Waals surface area contributed by atoms with E-state index in [4.69, 9.17) is 5.11 Å². The van der Waals surface area contributed by atoms with Crippen LogP contribution < -0.4 is 5.32 Å². The first-order valence-electron chi connectivity index (χ1n) is 7.93. The highest BCUT2D eigenvalue weighted by atomic mass is 16.4. The van der Waals surface area contributed by atoms with Crippen molar-refractivity contribution in [2.24, 2.45) is 5.92 Å². The summed E-state index contributed by atoms with van der Waals surface area (Å²) in [5.41, 5.74) is 1.11. The van der Waals surface area contributed by atoms with E-state index in [1.54, 1.807) is 29.2 Å². The Morgan fingerprint density at radius 3 is 2.57 bits per heavy atom. The molecule has 1 fully saturated rings. The summed E-state index contributed by atoms with van der Waals surface area (Å²) >= 11 is 0. The number of benzene rings is 1. The highest BCUT2D eigenvalue weighted by Gasteiger charge is 2.27. The molecule has 2 N–H and O–H groups in total. The van der Waals surface area contributed by atoms with Gasteiger partial charge in [-0.1, -0.05) is 13.0 Å². The fourth-order valence-corrected chi connectivity index (χ4v) is 2.69. The fourth-order valence-electron chi connectivity index (χ4n) is 2.69. The van der Waals surface area contributed by atoms with Gasteiger partial charge in [0.1, 0.15) is 0 Å². The number of amides is 2. The third-order valence-electron chi connectivity index (χ3n) is 4.00. The number of carbonyl (C=O) groups is 3. The standard InChI is InChI=1S/C17H22N2O4/c1-2-4-15(20)18-14-6-3-5-13(11-14)16(21)19-9-7-12(8-10-19)17(22)23/h3,5-6,11-12H,2,4,7-10H2,1H3,(H,18,20)(H,22,23). The van der Waals surface area contributed by atoms with Gasteiger partial charge in [-0.2, -0.15) is 0 Å². The number of anilines is 1. The van der Waals surface area contributed by atoms with Crippen LogP contribution in [0.3, 0.4) is 0 Å². The number of hydrogen-bond acceptors (Lipinski definition) is 3. The third kappa shape index (κ3) is 4.55. The second kappa shape index (κ2) is 7.76. The summed E-state index contributed by atoms with van der Waals surface area (Å²) in [5, 5.41) is 11.8. The van der Waals surface area contributed by atoms with Crippen LogP contribution in [-0.4, -0.2) is 40.9 Å². The Morgan fingerprint density at radius 1 is 1.26 bits per heavy atom. The van der Waals surface area contributed by atoms with Crippen molar-refractivity contribution < 1.29 is 19.5 Å². The molecule has 1 aromatic carbocycles. The number of rotatable bonds is 5. The monoisotopic (exact) mass is 318 g/mol. The van der Waals surface area contributed by atoms with E-state index in [9.17, 15) is 14.4 Å². The Bertz CT molecular complexity index is 592. The second-order valence-electron chi connectivity index (χ2n) is 5.78. The summed E-state index contributed by atoms with van der Waals surface area (Å²) in [6.45, 7) is 2.82. The van der Waals surface area contributed by atoms with Crippen molar-refractivity contribution >= 4 is 23.5 Å². The number of carboxylic acids is 1. The van der Waals surface area contributed by atoms with Gasteiger partial charge in [0.15, 0.2) is 0 Å². The molecular weight excluding hydrogens is 296 g/mol. The Kier molecular flexibility index (Phi) is 5.73. The van der Waals surface area contributed by atoms with E-state index in [0.717, 1.165) is 6.42 Å². The Hall–Kier alpha value is -2.37. The molecule has 0 atom stereocenters. The summed E-state index contributed by atoms with van der Waals surface area (Å²) in [5.74, 6) is -1.35. The van der Waals surface area contributed by atoms with Crippen LogP contribution in [0.25, 0.3) is 0 Å². The second-order valence-corrected chi connectivity index (χ2v) is 5.78. The lowest BCUT2D eigenvalue weighted by atomic mass is 9.96. The summed E-state index contributed by atoms with van der Waals surface area (Å²) < 4.78 is 0. The van der Waals surface area contributed by atoms with Gasteiger partial charge in [-0.3, -0.25) is 14.4 Å². The number of hydrogen-bond donors (Lipinski definition) is 2. The van der Waals surface area contributed by atoms with E-state index < -0.39 is 5.97 Å². The predicted molar refractivity (Wildman–Crippen MR) is 86.2 cm³/mol. The van der Waals surface area contributed by atoms with Gasteiger partial charge in [-0.15, -0.1) is 0 Å². The minimum atomic E-state index is -0.794. The summed E-state index contributed by atoms with van der Waals surface area (Å²) in [6.07, 6.45) is 2.17. The van der Waals surface area contributed by atoms with Gasteiger partial charge >= 0.3 is 5.97 Å². The van der Waals surface area contributed by atoms with Crippen LogP contribution in [0.1, 0.15) is 43.0 Å². The third-order valence-corrected chi connectivity index (χ3v) is 4.00. The summed E-state index contributed by atoms with van der Waals surface area (Å²) in [4.78, 5) is 36.8. The molecule has 6 nitrogen and oxygen atoms in total. The van der Waals surface area contributed by atoms with Gasteiger partial charge in [-0.05, 0) is 37.5 Å². The van der Waals surface area contributed by atoms with E-state index in [2.05, 4.69) is 5.32 Å². The lowest BCUT2D eigenvalue weighted by Gasteiger charge is -2.30. The molecule has 2 rings (SSSR count). The Labute approximate surface area is 135 Å². The quantitative estimate of drug-likeness (QED) is 0.872. The van der Waals surface area contributed by atoms with Crippen molar-refractivity contribution in [1.29, 1.82) is 0 Å². The van der Waals surface area contributed by atoms with Crippen LogP contribution in [0.2, 0.25) is 0 Å². The van der Waals surface area contributed by atoms with Crippen molar-refractivity contribution in [1.82, 2.24) is 4.90 Å². The molecule has 1 saturated heterocycles. The van der Waals surface area contributed by atoms with Crippen LogP contribution in [0, 0.1) is 5.92 Å². The van der Waals surface area contributed by atoms with E-state index >= 15 is 0 Å². The number of nitrogens with one attached hydrogen (secondary N) is 1. The van der Waals surface area contributed by atoms with Gasteiger partial charge < -0.3 is 15.3 Å². The number of piperidine rings is 1. The zero-order valence-electron chi connectivity index (χ0n) is 13.2. The summed E-state index contributed by atoms with van der Waals surface area (Å²) in [6, 6.07) is 6.86. The van der Waals surface area contributed by atoms with Crippen LogP contribution in [-0.2, 0) is 9.59 Å². The van der Waals surface area contributed by atoms with Gasteiger partial charge in [0.2, 0.25) is 5.91 Å². The first-order valence-corrected chi connectivity index (χ1v) is 7.93. The highest BCUT2D eigenvalue weighted by molar-refractivity contribution is 5.97. The average molecular weight is 318 g/mol. The zero-order valence-corrected chi connectivity index (χ0v) is 13.2. The molecular formula is C17H22N2O4. The van der Waals surface area contributed by atoms with Crippen molar-refractivity contribution in [2.45, 2.75) is 32.6 Å². The number of carboxylic acid groups (broad SMARTS) is 1. The molecule has 23 heavy (non-hydrogen) atoms. The minimum absolute atomic E-state index is 0.0700. The number of aliphatic carboxylic acids is 1. The van der Waals surface area contributed by atoms with E-state index in [-0.39, 0.29) is 17.7 Å². The number of carbonyl (C=O) groups excluding carboxylic acids is 2. The van der Waals surface area contributed by atoms with Gasteiger partial charge in [0.25, 0.3) is 5.91 Å². The van der Waals surface area contributed by atoms with Crippen molar-refractivity contribution in [3.8, 4) is 0 Å². The predicted octanol–water partition coefficient (Wildman–Crippen LogP) is 2.36. The molecule has 0 unspecified atom stereocenters. The molecule has 0 aromatic heterocycles. The normalized spacial score (nSPS) is 15.3. The maximum atomic E-state index is 12.5. The lowest BCUT2D eigenvalue weighted by Crippen LogP contribution is -2.40. The van der Waals surface area contributed by atoms with E-state index in [1.165, 1.54) is 0 Å². The molecule has 0 bridgehead atoms. The Balaban J connectivity index is 2.00. The fraction of sp³-hybridized carbons (Fsp3) is 0.471. The Morgan fingerprint density at radius 2 is 1.96 bits per heavy atom.